The molecule has 2 nitrogen and oxygen atoms in total. The molecule has 0 radical (unpaired) electrons. The van der Waals surface area contributed by atoms with Crippen LogP contribution in [-0.2, 0) is 9.47 Å². The van der Waals surface area contributed by atoms with Crippen LogP contribution in [0, 0.1) is 0 Å². The molecule has 0 N–H and O–H groups in total. The second kappa shape index (κ2) is 3.16. The van der Waals surface area contributed by atoms with Crippen LogP contribution in [0.15, 0.2) is 0 Å². The number of alkyl halides is 10. The van der Waals surface area contributed by atoms with E-state index in [2.05, 4.69) is 9.47 Å². The molecule has 0 aromatic rings. The van der Waals surface area contributed by atoms with Gasteiger partial charge in [0.15, 0.2) is 0 Å². The number of ether oxygens (including phenoxy) is 2. The van der Waals surface area contributed by atoms with Crippen LogP contribution in [0.3, 0.4) is 0 Å². The minimum absolute atomic E-state index is 2.53. The molecule has 2 aliphatic heterocycles. The minimum Gasteiger partial charge on any atom is -0.263 e. The van der Waals surface area contributed by atoms with Crippen molar-refractivity contribution in [3.05, 3.63) is 0 Å². The standard InChI is InChI=1S/C3F6O.C2F4O/c4-1(2(5,6)7)3(8,9)10-1;3-1(4)2(5,6)7-1. The summed E-state index contributed by atoms with van der Waals surface area (Å²) in [7, 11) is 0. The lowest BCUT2D eigenvalue weighted by Gasteiger charge is -2.04. The van der Waals surface area contributed by atoms with Crippen molar-refractivity contribution in [2.45, 2.75) is 30.4 Å². The molecule has 2 heterocycles. The van der Waals surface area contributed by atoms with Gasteiger partial charge in [0, 0.05) is 0 Å². The van der Waals surface area contributed by atoms with Crippen molar-refractivity contribution in [2.75, 3.05) is 0 Å². The van der Waals surface area contributed by atoms with Crippen LogP contribution in [-0.4, -0.2) is 30.4 Å². The van der Waals surface area contributed by atoms with E-state index >= 15 is 0 Å². The summed E-state index contributed by atoms with van der Waals surface area (Å²) in [4.78, 5) is 0. The van der Waals surface area contributed by atoms with Crippen molar-refractivity contribution in [2.24, 2.45) is 0 Å². The highest BCUT2D eigenvalue weighted by molar-refractivity contribution is 4.99. The summed E-state index contributed by atoms with van der Waals surface area (Å²) in [5.74, 6) is -4.75. The summed E-state index contributed by atoms with van der Waals surface area (Å²) in [6.07, 6.45) is -18.7. The van der Waals surface area contributed by atoms with Gasteiger partial charge in [-0.15, -0.1) is 0 Å². The smallest absolute Gasteiger partial charge is 0.263 e. The molecule has 0 saturated carbocycles. The van der Waals surface area contributed by atoms with Gasteiger partial charge in [-0.3, -0.25) is 4.74 Å². The molecule has 102 valence electrons. The van der Waals surface area contributed by atoms with Crippen molar-refractivity contribution < 1.29 is 53.4 Å². The van der Waals surface area contributed by atoms with Gasteiger partial charge in [-0.25, -0.2) is 4.74 Å². The van der Waals surface area contributed by atoms with Gasteiger partial charge in [-0.2, -0.15) is 43.9 Å². The summed E-state index contributed by atoms with van der Waals surface area (Å²) in [5.41, 5.74) is 0. The zero-order valence-electron chi connectivity index (χ0n) is 7.10. The van der Waals surface area contributed by atoms with E-state index < -0.39 is 30.4 Å². The Balaban J connectivity index is 0.000000181. The second-order valence-corrected chi connectivity index (χ2v) is 2.85. The minimum atomic E-state index is -5.66. The van der Waals surface area contributed by atoms with E-state index in [1.54, 1.807) is 0 Å². The Morgan fingerprint density at radius 2 is 0.824 bits per heavy atom. The number of hydrogen-bond acceptors (Lipinski definition) is 2. The van der Waals surface area contributed by atoms with Crippen LogP contribution in [0.1, 0.15) is 0 Å². The summed E-state index contributed by atoms with van der Waals surface area (Å²) in [6, 6.07) is 0. The molecule has 2 fully saturated rings. The molecule has 2 saturated heterocycles. The molecule has 0 amide bonds. The number of halogens is 10. The van der Waals surface area contributed by atoms with E-state index in [4.69, 9.17) is 0 Å². The van der Waals surface area contributed by atoms with Crippen LogP contribution in [0.25, 0.3) is 0 Å². The average molecular weight is 282 g/mol. The van der Waals surface area contributed by atoms with Crippen molar-refractivity contribution in [3.63, 3.8) is 0 Å². The van der Waals surface area contributed by atoms with Gasteiger partial charge in [-0.1, -0.05) is 0 Å². The van der Waals surface area contributed by atoms with E-state index in [9.17, 15) is 43.9 Å². The van der Waals surface area contributed by atoms with Gasteiger partial charge in [-0.05, 0) is 0 Å². The SMILES string of the molecule is FC(F)(F)C1(F)OC1(F)F.FC1(F)OC1(F)F. The van der Waals surface area contributed by atoms with Crippen molar-refractivity contribution in [3.8, 4) is 0 Å². The average Bonchev–Trinajstić information content (AvgIpc) is 2.65. The Kier molecular flexibility index (Phi) is 2.65. The van der Waals surface area contributed by atoms with Crippen LogP contribution in [0.4, 0.5) is 43.9 Å². The van der Waals surface area contributed by atoms with Crippen molar-refractivity contribution >= 4 is 0 Å². The van der Waals surface area contributed by atoms with Gasteiger partial charge in [0.1, 0.15) is 0 Å². The fraction of sp³-hybridized carbons (Fsp3) is 1.00. The Labute approximate surface area is 85.1 Å². The fourth-order valence-electron chi connectivity index (χ4n) is 0.509. The Morgan fingerprint density at radius 1 is 0.588 bits per heavy atom. The normalized spacial score (nSPS) is 35.6. The molecule has 0 bridgehead atoms. The molecule has 17 heavy (non-hydrogen) atoms. The molecule has 1 unspecified atom stereocenters. The molecule has 2 aliphatic rings. The van der Waals surface area contributed by atoms with E-state index in [1.807, 2.05) is 0 Å². The molecular formula is C5F10O2. The Bertz CT molecular complexity index is 309. The molecule has 0 aromatic carbocycles. The maximum Gasteiger partial charge on any atom is 0.458 e. The van der Waals surface area contributed by atoms with Crippen LogP contribution < -0.4 is 0 Å². The highest BCUT2D eigenvalue weighted by Gasteiger charge is 2.90. The van der Waals surface area contributed by atoms with Gasteiger partial charge in [0.05, 0.1) is 0 Å². The van der Waals surface area contributed by atoms with Gasteiger partial charge in [0.25, 0.3) is 0 Å². The largest absolute Gasteiger partial charge is 0.458 e. The highest BCUT2D eigenvalue weighted by atomic mass is 19.4. The van der Waals surface area contributed by atoms with Crippen molar-refractivity contribution in [1.29, 1.82) is 0 Å². The number of epoxide rings is 2. The maximum atomic E-state index is 11.7. The predicted molar refractivity (Wildman–Crippen MR) is 26.9 cm³/mol. The summed E-state index contributed by atoms with van der Waals surface area (Å²) < 4.78 is 117. The first-order valence-electron chi connectivity index (χ1n) is 3.46. The zero-order chi connectivity index (χ0) is 13.9. The lowest BCUT2D eigenvalue weighted by molar-refractivity contribution is -0.231. The monoisotopic (exact) mass is 282 g/mol. The highest BCUT2D eigenvalue weighted by Crippen LogP contribution is 2.60. The van der Waals surface area contributed by atoms with Gasteiger partial charge in [0.2, 0.25) is 0 Å². The Hall–Kier alpha value is -0.780. The lowest BCUT2D eigenvalue weighted by Crippen LogP contribution is -2.32. The summed E-state index contributed by atoms with van der Waals surface area (Å²) >= 11 is 0. The molecule has 12 heteroatoms. The maximum absolute atomic E-state index is 11.7. The number of hydrogen-bond donors (Lipinski definition) is 0. The third-order valence-electron chi connectivity index (χ3n) is 1.52. The number of rotatable bonds is 0. The van der Waals surface area contributed by atoms with Gasteiger partial charge >= 0.3 is 30.4 Å². The van der Waals surface area contributed by atoms with Crippen molar-refractivity contribution in [1.82, 2.24) is 0 Å². The second-order valence-electron chi connectivity index (χ2n) is 2.85. The zero-order valence-corrected chi connectivity index (χ0v) is 7.10. The molecule has 2 rings (SSSR count). The summed E-state index contributed by atoms with van der Waals surface area (Å²) in [5, 5.41) is 0. The molecule has 1 atom stereocenters. The van der Waals surface area contributed by atoms with E-state index in [0.717, 1.165) is 0 Å². The fourth-order valence-corrected chi connectivity index (χ4v) is 0.509. The summed E-state index contributed by atoms with van der Waals surface area (Å²) in [6.45, 7) is 0. The van der Waals surface area contributed by atoms with Crippen LogP contribution >= 0.6 is 0 Å². The quantitative estimate of drug-likeness (QED) is 0.504. The third kappa shape index (κ3) is 2.27. The Morgan fingerprint density at radius 3 is 0.824 bits per heavy atom. The first-order valence-corrected chi connectivity index (χ1v) is 3.46. The topological polar surface area (TPSA) is 25.1 Å². The molecule has 0 spiro atoms. The molecular weight excluding hydrogens is 282 g/mol. The van der Waals surface area contributed by atoms with Gasteiger partial charge < -0.3 is 0 Å². The first kappa shape index (κ1) is 14.3. The third-order valence-corrected chi connectivity index (χ3v) is 1.52. The van der Waals surface area contributed by atoms with E-state index in [-0.39, 0.29) is 0 Å². The van der Waals surface area contributed by atoms with E-state index in [0.29, 0.717) is 0 Å². The molecule has 0 aliphatic carbocycles. The first-order chi connectivity index (χ1) is 7.16. The van der Waals surface area contributed by atoms with Crippen LogP contribution in [0.5, 0.6) is 0 Å². The van der Waals surface area contributed by atoms with E-state index in [1.165, 1.54) is 0 Å². The predicted octanol–water partition coefficient (Wildman–Crippen LogP) is 3.04. The van der Waals surface area contributed by atoms with Crippen LogP contribution in [0.2, 0.25) is 0 Å². The molecule has 0 aromatic heterocycles. The lowest BCUT2D eigenvalue weighted by atomic mass is 10.4.